The number of nitrogens with one attached hydrogen (secondary N) is 1. The minimum atomic E-state index is -0.340. The smallest absolute Gasteiger partial charge is 0.221 e. The van der Waals surface area contributed by atoms with Crippen molar-refractivity contribution in [2.45, 2.75) is 43.6 Å². The van der Waals surface area contributed by atoms with Gasteiger partial charge in [0.1, 0.15) is 0 Å². The highest BCUT2D eigenvalue weighted by atomic mass is 32.2. The third kappa shape index (κ3) is 5.26. The summed E-state index contributed by atoms with van der Waals surface area (Å²) in [6.07, 6.45) is 2.43. The molecule has 1 aromatic heterocycles. The van der Waals surface area contributed by atoms with Gasteiger partial charge in [-0.15, -0.1) is 10.2 Å². The third-order valence-corrected chi connectivity index (χ3v) is 6.46. The number of amides is 1. The second-order valence-corrected chi connectivity index (χ2v) is 9.24. The Hall–Kier alpha value is -2.97. The van der Waals surface area contributed by atoms with E-state index in [0.717, 1.165) is 31.1 Å². The number of hydrogen-bond acceptors (Lipinski definition) is 6. The summed E-state index contributed by atoms with van der Waals surface area (Å²) in [4.78, 5) is 26.6. The summed E-state index contributed by atoms with van der Waals surface area (Å²) in [7, 11) is 0. The molecule has 1 unspecified atom stereocenters. The fourth-order valence-electron chi connectivity index (χ4n) is 3.82. The third-order valence-electron chi connectivity index (χ3n) is 5.42. The first-order chi connectivity index (χ1) is 15.5. The van der Waals surface area contributed by atoms with Gasteiger partial charge in [0.15, 0.2) is 16.8 Å². The van der Waals surface area contributed by atoms with Gasteiger partial charge < -0.3 is 5.32 Å². The largest absolute Gasteiger partial charge is 0.326 e. The maximum absolute atomic E-state index is 13.0. The summed E-state index contributed by atoms with van der Waals surface area (Å²) in [5.41, 5.74) is 2.26. The zero-order valence-corrected chi connectivity index (χ0v) is 19.1. The first-order valence-corrected chi connectivity index (χ1v) is 11.7. The van der Waals surface area contributed by atoms with Gasteiger partial charge in [-0.1, -0.05) is 30.0 Å². The molecule has 8 heteroatoms. The van der Waals surface area contributed by atoms with Crippen molar-refractivity contribution in [1.29, 1.82) is 0 Å². The first kappa shape index (κ1) is 22.2. The lowest BCUT2D eigenvalue weighted by Crippen LogP contribution is -2.21. The molecule has 0 aliphatic carbocycles. The Labute approximate surface area is 192 Å². The van der Waals surface area contributed by atoms with E-state index in [-0.39, 0.29) is 16.9 Å². The molecular weight excluding hydrogens is 422 g/mol. The van der Waals surface area contributed by atoms with E-state index in [9.17, 15) is 9.59 Å². The van der Waals surface area contributed by atoms with E-state index in [2.05, 4.69) is 25.0 Å². The Balaban J connectivity index is 1.54. The molecule has 1 amide bonds. The number of aromatic nitrogens is 3. The number of ketones is 1. The summed E-state index contributed by atoms with van der Waals surface area (Å²) in [5, 5.41) is 12.0. The van der Waals surface area contributed by atoms with Crippen LogP contribution in [-0.4, -0.2) is 49.7 Å². The molecule has 1 N–H and O–H groups in total. The van der Waals surface area contributed by atoms with Crippen molar-refractivity contribution in [3.05, 3.63) is 66.0 Å². The number of hydrogen-bond donors (Lipinski definition) is 1. The lowest BCUT2D eigenvalue weighted by Gasteiger charge is -2.17. The maximum atomic E-state index is 13.0. The van der Waals surface area contributed by atoms with E-state index < -0.39 is 0 Å². The van der Waals surface area contributed by atoms with Crippen LogP contribution in [0.25, 0.3) is 5.69 Å². The van der Waals surface area contributed by atoms with Gasteiger partial charge in [0.2, 0.25) is 5.91 Å². The number of benzene rings is 2. The van der Waals surface area contributed by atoms with Gasteiger partial charge in [0.05, 0.1) is 11.8 Å². The molecule has 3 aromatic rings. The lowest BCUT2D eigenvalue weighted by molar-refractivity contribution is -0.114. The highest BCUT2D eigenvalue weighted by Crippen LogP contribution is 2.28. The molecule has 0 spiro atoms. The number of carbonyl (C=O) groups excluding carboxylic acids is 2. The van der Waals surface area contributed by atoms with Crippen molar-refractivity contribution in [3.8, 4) is 5.69 Å². The van der Waals surface area contributed by atoms with Gasteiger partial charge in [0, 0.05) is 23.9 Å². The molecule has 0 radical (unpaired) electrons. The molecule has 4 rings (SSSR count). The fourth-order valence-corrected chi connectivity index (χ4v) is 4.79. The monoisotopic (exact) mass is 449 g/mol. The average Bonchev–Trinajstić information content (AvgIpc) is 3.44. The van der Waals surface area contributed by atoms with Gasteiger partial charge in [-0.25, -0.2) is 0 Å². The number of nitrogens with zero attached hydrogens (tertiary/aromatic N) is 4. The Kier molecular flexibility index (Phi) is 7.02. The molecular formula is C24H27N5O2S. The van der Waals surface area contributed by atoms with Crippen LogP contribution in [0.1, 0.15) is 42.9 Å². The van der Waals surface area contributed by atoms with E-state index >= 15 is 0 Å². The molecule has 2 aromatic carbocycles. The van der Waals surface area contributed by atoms with Crippen LogP contribution in [0.4, 0.5) is 5.69 Å². The number of anilines is 1. The SMILES string of the molecule is CC(=O)Nc1ccc(C(=O)C(C)Sc2nnc(CN3CCCC3)n2-c2ccccc2)cc1. The number of thioether (sulfide) groups is 1. The highest BCUT2D eigenvalue weighted by molar-refractivity contribution is 8.00. The van der Waals surface area contributed by atoms with E-state index in [1.54, 1.807) is 24.3 Å². The lowest BCUT2D eigenvalue weighted by atomic mass is 10.1. The van der Waals surface area contributed by atoms with Crippen LogP contribution >= 0.6 is 11.8 Å². The quantitative estimate of drug-likeness (QED) is 0.410. The van der Waals surface area contributed by atoms with Crippen molar-refractivity contribution >= 4 is 29.1 Å². The van der Waals surface area contributed by atoms with Crippen molar-refractivity contribution in [2.24, 2.45) is 0 Å². The van der Waals surface area contributed by atoms with E-state index in [1.165, 1.54) is 31.5 Å². The summed E-state index contributed by atoms with van der Waals surface area (Å²) in [6.45, 7) is 6.24. The molecule has 2 heterocycles. The molecule has 1 aliphatic heterocycles. The summed E-state index contributed by atoms with van der Waals surface area (Å²) < 4.78 is 2.06. The van der Waals surface area contributed by atoms with Crippen LogP contribution in [0.15, 0.2) is 59.8 Å². The van der Waals surface area contributed by atoms with Gasteiger partial charge in [0.25, 0.3) is 0 Å². The summed E-state index contributed by atoms with van der Waals surface area (Å²) >= 11 is 1.41. The van der Waals surface area contributed by atoms with Crippen molar-refractivity contribution in [2.75, 3.05) is 18.4 Å². The second-order valence-electron chi connectivity index (χ2n) is 7.94. The average molecular weight is 450 g/mol. The number of para-hydroxylation sites is 1. The molecule has 32 heavy (non-hydrogen) atoms. The van der Waals surface area contributed by atoms with Gasteiger partial charge in [-0.2, -0.15) is 0 Å². The Morgan fingerprint density at radius 1 is 1.03 bits per heavy atom. The van der Waals surface area contributed by atoms with Crippen molar-refractivity contribution in [3.63, 3.8) is 0 Å². The minimum Gasteiger partial charge on any atom is -0.326 e. The summed E-state index contributed by atoms with van der Waals surface area (Å²) in [5.74, 6) is 0.756. The van der Waals surface area contributed by atoms with Crippen LogP contribution in [0, 0.1) is 0 Å². The van der Waals surface area contributed by atoms with Crippen molar-refractivity contribution in [1.82, 2.24) is 19.7 Å². The number of carbonyl (C=O) groups is 2. The zero-order chi connectivity index (χ0) is 22.5. The molecule has 166 valence electrons. The second kappa shape index (κ2) is 10.1. The van der Waals surface area contributed by atoms with Gasteiger partial charge in [-0.05, 0) is 69.3 Å². The fraction of sp³-hybridized carbons (Fsp3) is 0.333. The zero-order valence-electron chi connectivity index (χ0n) is 18.3. The van der Waals surface area contributed by atoms with Gasteiger partial charge >= 0.3 is 0 Å². The minimum absolute atomic E-state index is 0.00748. The summed E-state index contributed by atoms with van der Waals surface area (Å²) in [6, 6.07) is 17.0. The van der Waals surface area contributed by atoms with Crippen LogP contribution in [0.3, 0.4) is 0 Å². The predicted octanol–water partition coefficient (Wildman–Crippen LogP) is 4.19. The Bertz CT molecular complexity index is 1080. The standard InChI is InChI=1S/C24H27N5O2S/c1-17(23(31)19-10-12-20(13-11-19)25-18(2)30)32-24-27-26-22(16-28-14-6-7-15-28)29(24)21-8-4-3-5-9-21/h3-5,8-13,17H,6-7,14-16H2,1-2H3,(H,25,30). The highest BCUT2D eigenvalue weighted by Gasteiger charge is 2.23. The number of Topliss-reactive ketones (excluding diaryl/α,β-unsaturated/α-hetero) is 1. The topological polar surface area (TPSA) is 80.1 Å². The van der Waals surface area contributed by atoms with E-state index in [1.807, 2.05) is 37.3 Å². The number of rotatable bonds is 8. The Morgan fingerprint density at radius 2 is 1.72 bits per heavy atom. The molecule has 1 aliphatic rings. The first-order valence-electron chi connectivity index (χ1n) is 10.8. The van der Waals surface area contributed by atoms with Crippen LogP contribution in [0.5, 0.6) is 0 Å². The van der Waals surface area contributed by atoms with Crippen LogP contribution < -0.4 is 5.32 Å². The predicted molar refractivity (Wildman–Crippen MR) is 126 cm³/mol. The molecule has 7 nitrogen and oxygen atoms in total. The normalized spacial score (nSPS) is 14.9. The van der Waals surface area contributed by atoms with E-state index in [4.69, 9.17) is 0 Å². The molecule has 0 bridgehead atoms. The molecule has 1 saturated heterocycles. The maximum Gasteiger partial charge on any atom is 0.221 e. The molecule has 1 fully saturated rings. The molecule has 0 saturated carbocycles. The van der Waals surface area contributed by atoms with Crippen LogP contribution in [-0.2, 0) is 11.3 Å². The molecule has 1 atom stereocenters. The van der Waals surface area contributed by atoms with Gasteiger partial charge in [-0.3, -0.25) is 19.1 Å². The number of likely N-dealkylation sites (tertiary alicyclic amines) is 1. The van der Waals surface area contributed by atoms with E-state index in [0.29, 0.717) is 16.4 Å². The Morgan fingerprint density at radius 3 is 2.38 bits per heavy atom. The van der Waals surface area contributed by atoms with Crippen LogP contribution in [0.2, 0.25) is 0 Å². The van der Waals surface area contributed by atoms with Crippen molar-refractivity contribution < 1.29 is 9.59 Å².